The van der Waals surface area contributed by atoms with E-state index in [1.807, 2.05) is 0 Å². The summed E-state index contributed by atoms with van der Waals surface area (Å²) >= 11 is 0. The normalized spacial score (nSPS) is 30.7. The Balaban J connectivity index is 2.40. The number of nitrogens with one attached hydrogen (secondary N) is 1. The molecule has 1 N–H and O–H groups in total. The molecular formula is C15H32N2O. The monoisotopic (exact) mass is 256 g/mol. The number of ether oxygens (including phenoxy) is 1. The van der Waals surface area contributed by atoms with Gasteiger partial charge >= 0.3 is 0 Å². The van der Waals surface area contributed by atoms with E-state index in [-0.39, 0.29) is 5.54 Å². The molecule has 0 amide bonds. The molecule has 108 valence electrons. The molecule has 3 heteroatoms. The van der Waals surface area contributed by atoms with E-state index in [0.717, 1.165) is 32.8 Å². The lowest BCUT2D eigenvalue weighted by Crippen LogP contribution is -2.50. The second-order valence-electron chi connectivity index (χ2n) is 6.42. The second kappa shape index (κ2) is 7.46. The average Bonchev–Trinajstić information content (AvgIpc) is 2.45. The largest absolute Gasteiger partial charge is 0.380 e. The molecule has 2 atom stereocenters. The van der Waals surface area contributed by atoms with E-state index in [9.17, 15) is 0 Å². The van der Waals surface area contributed by atoms with Crippen LogP contribution in [-0.2, 0) is 4.74 Å². The Bertz CT molecular complexity index is 233. The van der Waals surface area contributed by atoms with Crippen LogP contribution in [0.2, 0.25) is 0 Å². The Kier molecular flexibility index (Phi) is 6.61. The summed E-state index contributed by atoms with van der Waals surface area (Å²) in [5, 5.41) is 3.69. The van der Waals surface area contributed by atoms with Crippen LogP contribution in [-0.4, -0.2) is 49.3 Å². The highest BCUT2D eigenvalue weighted by Gasteiger charge is 2.29. The van der Waals surface area contributed by atoms with E-state index in [4.69, 9.17) is 4.74 Å². The zero-order valence-corrected chi connectivity index (χ0v) is 13.0. The predicted octanol–water partition coefficient (Wildman–Crippen LogP) is 2.51. The van der Waals surface area contributed by atoms with Crippen LogP contribution in [0.1, 0.15) is 47.5 Å². The van der Waals surface area contributed by atoms with Crippen molar-refractivity contribution in [2.45, 2.75) is 59.0 Å². The minimum absolute atomic E-state index is 0.267. The van der Waals surface area contributed by atoms with Gasteiger partial charge in [0.25, 0.3) is 0 Å². The van der Waals surface area contributed by atoms with Crippen molar-refractivity contribution in [1.29, 1.82) is 0 Å². The summed E-state index contributed by atoms with van der Waals surface area (Å²) in [5.74, 6) is 0.633. The first-order chi connectivity index (χ1) is 8.47. The van der Waals surface area contributed by atoms with Crippen molar-refractivity contribution in [3.8, 4) is 0 Å². The van der Waals surface area contributed by atoms with E-state index >= 15 is 0 Å². The van der Waals surface area contributed by atoms with Crippen LogP contribution in [0.15, 0.2) is 0 Å². The summed E-state index contributed by atoms with van der Waals surface area (Å²) in [7, 11) is 0. The Hall–Kier alpha value is -0.120. The van der Waals surface area contributed by atoms with Crippen LogP contribution in [0.3, 0.4) is 0 Å². The predicted molar refractivity (Wildman–Crippen MR) is 78.0 cm³/mol. The number of hydrogen-bond donors (Lipinski definition) is 1. The SMILES string of the molecule is CCC1(C)CN(CCOCC(C)C)C(C)CCN1. The van der Waals surface area contributed by atoms with Gasteiger partial charge in [-0.2, -0.15) is 0 Å². The molecule has 2 unspecified atom stereocenters. The molecular weight excluding hydrogens is 224 g/mol. The zero-order valence-electron chi connectivity index (χ0n) is 13.0. The third kappa shape index (κ3) is 5.25. The van der Waals surface area contributed by atoms with Crippen molar-refractivity contribution < 1.29 is 4.74 Å². The van der Waals surface area contributed by atoms with Gasteiger partial charge in [-0.1, -0.05) is 20.8 Å². The van der Waals surface area contributed by atoms with Gasteiger partial charge in [0.1, 0.15) is 0 Å². The molecule has 3 nitrogen and oxygen atoms in total. The summed E-state index contributed by atoms with van der Waals surface area (Å²) in [5.41, 5.74) is 0.267. The molecule has 0 aromatic rings. The molecule has 0 saturated carbocycles. The van der Waals surface area contributed by atoms with Gasteiger partial charge in [0.2, 0.25) is 0 Å². The van der Waals surface area contributed by atoms with Gasteiger partial charge < -0.3 is 10.1 Å². The Morgan fingerprint density at radius 2 is 2.17 bits per heavy atom. The fraction of sp³-hybridized carbons (Fsp3) is 1.00. The van der Waals surface area contributed by atoms with Crippen molar-refractivity contribution in [3.63, 3.8) is 0 Å². The fourth-order valence-corrected chi connectivity index (χ4v) is 2.46. The standard InChI is InChI=1S/C15H32N2O/c1-6-15(5)12-17(14(4)7-8-16-15)9-10-18-11-13(2)3/h13-14,16H,6-12H2,1-5H3. The minimum atomic E-state index is 0.267. The molecule has 1 rings (SSSR count). The third-order valence-corrected chi connectivity index (χ3v) is 4.04. The molecule has 1 saturated heterocycles. The van der Waals surface area contributed by atoms with E-state index in [1.165, 1.54) is 12.8 Å². The average molecular weight is 256 g/mol. The maximum atomic E-state index is 5.73. The summed E-state index contributed by atoms with van der Waals surface area (Å²) in [6.45, 7) is 16.4. The Morgan fingerprint density at radius 3 is 2.78 bits per heavy atom. The maximum Gasteiger partial charge on any atom is 0.0593 e. The van der Waals surface area contributed by atoms with Crippen LogP contribution in [0.5, 0.6) is 0 Å². The van der Waals surface area contributed by atoms with Crippen LogP contribution in [0.25, 0.3) is 0 Å². The summed E-state index contributed by atoms with van der Waals surface area (Å²) in [6, 6.07) is 0.661. The molecule has 1 aliphatic heterocycles. The molecule has 1 heterocycles. The second-order valence-corrected chi connectivity index (χ2v) is 6.42. The number of nitrogens with zero attached hydrogens (tertiary/aromatic N) is 1. The lowest BCUT2D eigenvalue weighted by molar-refractivity contribution is 0.0680. The highest BCUT2D eigenvalue weighted by Crippen LogP contribution is 2.18. The molecule has 0 radical (unpaired) electrons. The first-order valence-corrected chi connectivity index (χ1v) is 7.53. The van der Waals surface area contributed by atoms with Crippen molar-refractivity contribution in [2.75, 3.05) is 32.8 Å². The molecule has 0 aliphatic carbocycles. The van der Waals surface area contributed by atoms with E-state index in [0.29, 0.717) is 12.0 Å². The fourth-order valence-electron chi connectivity index (χ4n) is 2.46. The van der Waals surface area contributed by atoms with Gasteiger partial charge in [-0.15, -0.1) is 0 Å². The van der Waals surface area contributed by atoms with Crippen molar-refractivity contribution in [2.24, 2.45) is 5.92 Å². The van der Waals surface area contributed by atoms with Gasteiger partial charge in [0, 0.05) is 31.3 Å². The number of hydrogen-bond acceptors (Lipinski definition) is 3. The lowest BCUT2D eigenvalue weighted by atomic mass is 9.98. The van der Waals surface area contributed by atoms with E-state index in [2.05, 4.69) is 44.8 Å². The van der Waals surface area contributed by atoms with E-state index < -0.39 is 0 Å². The van der Waals surface area contributed by atoms with Crippen molar-refractivity contribution >= 4 is 0 Å². The Morgan fingerprint density at radius 1 is 1.44 bits per heavy atom. The first kappa shape index (κ1) is 15.9. The van der Waals surface area contributed by atoms with Gasteiger partial charge in [-0.05, 0) is 39.2 Å². The quantitative estimate of drug-likeness (QED) is 0.739. The topological polar surface area (TPSA) is 24.5 Å². The highest BCUT2D eigenvalue weighted by molar-refractivity contribution is 4.90. The summed E-state index contributed by atoms with van der Waals surface area (Å²) < 4.78 is 5.73. The van der Waals surface area contributed by atoms with Gasteiger partial charge in [-0.25, -0.2) is 0 Å². The third-order valence-electron chi connectivity index (χ3n) is 4.04. The highest BCUT2D eigenvalue weighted by atomic mass is 16.5. The first-order valence-electron chi connectivity index (χ1n) is 7.53. The number of rotatable bonds is 6. The van der Waals surface area contributed by atoms with Crippen molar-refractivity contribution in [3.05, 3.63) is 0 Å². The van der Waals surface area contributed by atoms with Gasteiger partial charge in [0.15, 0.2) is 0 Å². The van der Waals surface area contributed by atoms with Crippen LogP contribution in [0.4, 0.5) is 0 Å². The van der Waals surface area contributed by atoms with Crippen molar-refractivity contribution in [1.82, 2.24) is 10.2 Å². The summed E-state index contributed by atoms with van der Waals surface area (Å²) in [4.78, 5) is 2.59. The molecule has 0 aromatic heterocycles. The molecule has 1 aliphatic rings. The minimum Gasteiger partial charge on any atom is -0.380 e. The summed E-state index contributed by atoms with van der Waals surface area (Å²) in [6.07, 6.45) is 2.42. The molecule has 18 heavy (non-hydrogen) atoms. The van der Waals surface area contributed by atoms with Crippen LogP contribution >= 0.6 is 0 Å². The van der Waals surface area contributed by atoms with E-state index in [1.54, 1.807) is 0 Å². The van der Waals surface area contributed by atoms with Gasteiger partial charge in [0.05, 0.1) is 6.61 Å². The molecule has 0 bridgehead atoms. The van der Waals surface area contributed by atoms with Crippen LogP contribution < -0.4 is 5.32 Å². The van der Waals surface area contributed by atoms with Crippen LogP contribution in [0, 0.1) is 5.92 Å². The molecule has 0 spiro atoms. The smallest absolute Gasteiger partial charge is 0.0593 e. The lowest BCUT2D eigenvalue weighted by Gasteiger charge is -2.34. The molecule has 1 fully saturated rings. The Labute approximate surface area is 113 Å². The van der Waals surface area contributed by atoms with Gasteiger partial charge in [-0.3, -0.25) is 4.90 Å². The maximum absolute atomic E-state index is 5.73. The zero-order chi connectivity index (χ0) is 13.6. The molecule has 0 aromatic carbocycles.